The van der Waals surface area contributed by atoms with Crippen molar-refractivity contribution in [3.8, 4) is 5.75 Å². The molecule has 0 aliphatic heterocycles. The molecule has 0 fully saturated rings. The van der Waals surface area contributed by atoms with Crippen LogP contribution in [0.25, 0.3) is 0 Å². The lowest BCUT2D eigenvalue weighted by Gasteiger charge is -2.25. The third-order valence-electron chi connectivity index (χ3n) is 5.31. The Kier molecular flexibility index (Phi) is 12.5. The van der Waals surface area contributed by atoms with Crippen molar-refractivity contribution >= 4 is 29.6 Å². The SMILES string of the molecule is CC(C)C[C@H](NC(=O)[C@H](C)NC(=O)CNC(=O)[C@@H](N)Cc1ccc(O)cc1)C(=O)N[C@H](C(=O)O)[C@@H](C)O. The Hall–Kier alpha value is -3.71. The summed E-state index contributed by atoms with van der Waals surface area (Å²) >= 11 is 0. The van der Waals surface area contributed by atoms with Crippen LogP contribution in [0.2, 0.25) is 0 Å². The molecule has 13 nitrogen and oxygen atoms in total. The lowest BCUT2D eigenvalue weighted by molar-refractivity contribution is -0.145. The maximum atomic E-state index is 12.6. The van der Waals surface area contributed by atoms with Gasteiger partial charge in [0.25, 0.3) is 0 Å². The fourth-order valence-corrected chi connectivity index (χ4v) is 3.28. The van der Waals surface area contributed by atoms with E-state index < -0.39 is 66.4 Å². The molecule has 1 aromatic carbocycles. The number of hydrogen-bond donors (Lipinski definition) is 8. The number of carbonyl (C=O) groups excluding carboxylic acids is 4. The number of nitrogens with one attached hydrogen (secondary N) is 4. The molecule has 0 saturated heterocycles. The topological polar surface area (TPSA) is 220 Å². The van der Waals surface area contributed by atoms with E-state index in [1.54, 1.807) is 26.0 Å². The number of amides is 4. The summed E-state index contributed by atoms with van der Waals surface area (Å²) < 4.78 is 0. The van der Waals surface area contributed by atoms with Gasteiger partial charge in [-0.1, -0.05) is 26.0 Å². The predicted molar refractivity (Wildman–Crippen MR) is 133 cm³/mol. The first-order valence-electron chi connectivity index (χ1n) is 11.8. The predicted octanol–water partition coefficient (Wildman–Crippen LogP) is -1.64. The van der Waals surface area contributed by atoms with Crippen LogP contribution in [-0.2, 0) is 30.4 Å². The van der Waals surface area contributed by atoms with Crippen LogP contribution < -0.4 is 27.0 Å². The number of nitrogens with two attached hydrogens (primary N) is 1. The van der Waals surface area contributed by atoms with Crippen LogP contribution in [0.4, 0.5) is 0 Å². The minimum atomic E-state index is -1.56. The number of aliphatic hydroxyl groups is 1. The first kappa shape index (κ1) is 31.3. The van der Waals surface area contributed by atoms with Gasteiger partial charge in [-0.3, -0.25) is 19.2 Å². The van der Waals surface area contributed by atoms with E-state index in [4.69, 9.17) is 5.73 Å². The number of phenolic OH excluding ortho intramolecular Hbond substituents is 1. The number of aromatic hydroxyl groups is 1. The van der Waals surface area contributed by atoms with Gasteiger partial charge in [-0.25, -0.2) is 4.79 Å². The number of hydrogen-bond acceptors (Lipinski definition) is 8. The zero-order chi connectivity index (χ0) is 28.3. The molecule has 1 rings (SSSR count). The van der Waals surface area contributed by atoms with Crippen LogP contribution in [0.3, 0.4) is 0 Å². The van der Waals surface area contributed by atoms with E-state index in [0.717, 1.165) is 5.56 Å². The largest absolute Gasteiger partial charge is 0.508 e. The molecule has 13 heteroatoms. The van der Waals surface area contributed by atoms with E-state index in [1.165, 1.54) is 26.0 Å². The third kappa shape index (κ3) is 11.3. The maximum Gasteiger partial charge on any atom is 0.328 e. The van der Waals surface area contributed by atoms with Gasteiger partial charge in [0.15, 0.2) is 6.04 Å². The van der Waals surface area contributed by atoms with E-state index >= 15 is 0 Å². The summed E-state index contributed by atoms with van der Waals surface area (Å²) in [6.07, 6.45) is -0.997. The Bertz CT molecular complexity index is 951. The second kappa shape index (κ2) is 14.8. The first-order chi connectivity index (χ1) is 17.2. The van der Waals surface area contributed by atoms with Crippen molar-refractivity contribution in [3.05, 3.63) is 29.8 Å². The zero-order valence-electron chi connectivity index (χ0n) is 21.4. The van der Waals surface area contributed by atoms with Crippen molar-refractivity contribution in [2.24, 2.45) is 11.7 Å². The molecule has 9 N–H and O–H groups in total. The van der Waals surface area contributed by atoms with Crippen LogP contribution in [0.1, 0.15) is 39.7 Å². The van der Waals surface area contributed by atoms with Crippen molar-refractivity contribution in [2.45, 2.75) is 70.8 Å². The summed E-state index contributed by atoms with van der Waals surface area (Å²) in [5, 5.41) is 37.6. The molecule has 0 aromatic heterocycles. The Balaban J connectivity index is 2.62. The van der Waals surface area contributed by atoms with Crippen molar-refractivity contribution in [1.82, 2.24) is 21.3 Å². The maximum absolute atomic E-state index is 12.6. The fourth-order valence-electron chi connectivity index (χ4n) is 3.28. The molecule has 0 saturated carbocycles. The summed E-state index contributed by atoms with van der Waals surface area (Å²) in [5.41, 5.74) is 6.58. The van der Waals surface area contributed by atoms with E-state index in [0.29, 0.717) is 0 Å². The number of benzene rings is 1. The van der Waals surface area contributed by atoms with Crippen molar-refractivity contribution in [1.29, 1.82) is 0 Å². The minimum Gasteiger partial charge on any atom is -0.508 e. The molecule has 5 atom stereocenters. The molecule has 37 heavy (non-hydrogen) atoms. The summed E-state index contributed by atoms with van der Waals surface area (Å²) in [7, 11) is 0. The van der Waals surface area contributed by atoms with E-state index in [2.05, 4.69) is 21.3 Å². The Morgan fingerprint density at radius 3 is 2.00 bits per heavy atom. The van der Waals surface area contributed by atoms with Crippen LogP contribution in [0, 0.1) is 5.92 Å². The number of phenols is 1. The van der Waals surface area contributed by atoms with Gasteiger partial charge in [-0.05, 0) is 50.3 Å². The summed E-state index contributed by atoms with van der Waals surface area (Å²) in [4.78, 5) is 60.9. The molecular weight excluding hydrogens is 486 g/mol. The molecule has 0 aliphatic rings. The lowest BCUT2D eigenvalue weighted by Crippen LogP contribution is -2.57. The zero-order valence-corrected chi connectivity index (χ0v) is 21.4. The number of aliphatic hydroxyl groups excluding tert-OH is 1. The summed E-state index contributed by atoms with van der Waals surface area (Å²) in [5.74, 6) is -4.13. The number of carboxylic acid groups (broad SMARTS) is 1. The second-order valence-corrected chi connectivity index (χ2v) is 9.24. The Labute approximate surface area is 215 Å². The van der Waals surface area contributed by atoms with E-state index in [9.17, 15) is 39.3 Å². The van der Waals surface area contributed by atoms with Gasteiger partial charge in [0.1, 0.15) is 17.8 Å². The highest BCUT2D eigenvalue weighted by Gasteiger charge is 2.31. The van der Waals surface area contributed by atoms with Crippen LogP contribution >= 0.6 is 0 Å². The highest BCUT2D eigenvalue weighted by Crippen LogP contribution is 2.11. The molecule has 4 amide bonds. The molecule has 0 bridgehead atoms. The average molecular weight is 524 g/mol. The monoisotopic (exact) mass is 523 g/mol. The first-order valence-corrected chi connectivity index (χ1v) is 11.8. The second-order valence-electron chi connectivity index (χ2n) is 9.24. The van der Waals surface area contributed by atoms with Gasteiger partial charge in [-0.15, -0.1) is 0 Å². The third-order valence-corrected chi connectivity index (χ3v) is 5.31. The smallest absolute Gasteiger partial charge is 0.328 e. The molecule has 0 spiro atoms. The van der Waals surface area contributed by atoms with Gasteiger partial charge in [0, 0.05) is 0 Å². The molecule has 1 aromatic rings. The van der Waals surface area contributed by atoms with Crippen LogP contribution in [-0.4, -0.2) is 81.7 Å². The van der Waals surface area contributed by atoms with Crippen LogP contribution in [0.15, 0.2) is 24.3 Å². The van der Waals surface area contributed by atoms with Gasteiger partial charge in [-0.2, -0.15) is 0 Å². The van der Waals surface area contributed by atoms with Crippen LogP contribution in [0.5, 0.6) is 5.75 Å². The highest BCUT2D eigenvalue weighted by atomic mass is 16.4. The average Bonchev–Trinajstić information content (AvgIpc) is 2.80. The summed E-state index contributed by atoms with van der Waals surface area (Å²) in [6.45, 7) is 5.76. The van der Waals surface area contributed by atoms with Crippen molar-refractivity contribution < 1.29 is 39.3 Å². The lowest BCUT2D eigenvalue weighted by atomic mass is 10.0. The fraction of sp³-hybridized carbons (Fsp3) is 0.542. The van der Waals surface area contributed by atoms with Crippen molar-refractivity contribution in [3.63, 3.8) is 0 Å². The molecule has 0 heterocycles. The van der Waals surface area contributed by atoms with E-state index in [-0.39, 0.29) is 24.5 Å². The van der Waals surface area contributed by atoms with Gasteiger partial charge < -0.3 is 42.3 Å². The van der Waals surface area contributed by atoms with Gasteiger partial charge in [0.2, 0.25) is 23.6 Å². The normalized spacial score (nSPS) is 15.0. The van der Waals surface area contributed by atoms with Gasteiger partial charge in [0.05, 0.1) is 18.7 Å². The van der Waals surface area contributed by atoms with E-state index in [1.807, 2.05) is 0 Å². The summed E-state index contributed by atoms with van der Waals surface area (Å²) in [6, 6.07) is 1.49. The van der Waals surface area contributed by atoms with Crippen molar-refractivity contribution in [2.75, 3.05) is 6.54 Å². The van der Waals surface area contributed by atoms with Gasteiger partial charge >= 0.3 is 5.97 Å². The number of rotatable bonds is 14. The molecule has 0 aliphatic carbocycles. The standard InChI is InChI=1S/C24H37N5O8/c1-12(2)9-18(23(35)29-20(14(4)30)24(36)37)28-21(33)13(3)27-19(32)11-26-22(34)17(25)10-15-5-7-16(31)8-6-15/h5-8,12-14,17-18,20,30-31H,9-11,25H2,1-4H3,(H,26,34)(H,27,32)(H,28,33)(H,29,35)(H,36,37)/t13-,14+,17-,18-,20-/m0/s1. The molecule has 206 valence electrons. The Morgan fingerprint density at radius 1 is 0.892 bits per heavy atom. The Morgan fingerprint density at radius 2 is 1.49 bits per heavy atom. The molecular formula is C24H37N5O8. The minimum absolute atomic E-state index is 0.0447. The number of aliphatic carboxylic acids is 1. The number of carboxylic acids is 1. The molecule has 0 unspecified atom stereocenters. The number of carbonyl (C=O) groups is 5. The highest BCUT2D eigenvalue weighted by molar-refractivity contribution is 5.94. The molecule has 0 radical (unpaired) electrons. The quantitative estimate of drug-likeness (QED) is 0.140.